The summed E-state index contributed by atoms with van der Waals surface area (Å²) in [6.07, 6.45) is 3.89. The molecule has 1 aromatic heterocycles. The van der Waals surface area contributed by atoms with Crippen molar-refractivity contribution in [1.29, 1.82) is 0 Å². The predicted octanol–water partition coefficient (Wildman–Crippen LogP) is 0.578. The van der Waals surface area contributed by atoms with Gasteiger partial charge >= 0.3 is 0 Å². The van der Waals surface area contributed by atoms with Crippen LogP contribution in [0.25, 0.3) is 0 Å². The Hall–Kier alpha value is -0.940. The summed E-state index contributed by atoms with van der Waals surface area (Å²) in [6.45, 7) is 2.16. The number of aromatic nitrogens is 1. The first-order valence-electron chi connectivity index (χ1n) is 4.20. The topological polar surface area (TPSA) is 58.2 Å². The maximum Gasteiger partial charge on any atom is 0.261 e. The lowest BCUT2D eigenvalue weighted by Crippen LogP contribution is -2.32. The fourth-order valence-electron chi connectivity index (χ4n) is 0.926. The molecule has 0 saturated carbocycles. The third-order valence-corrected chi connectivity index (χ3v) is 1.52. The summed E-state index contributed by atoms with van der Waals surface area (Å²) in [5, 5.41) is 0. The van der Waals surface area contributed by atoms with Gasteiger partial charge in [-0.15, -0.1) is 0 Å². The van der Waals surface area contributed by atoms with Gasteiger partial charge in [-0.2, -0.15) is 8.42 Å². The molecule has 4 nitrogen and oxygen atoms in total. The quantitative estimate of drug-likeness (QED) is 0.554. The van der Waals surface area contributed by atoms with Crippen molar-refractivity contribution >= 4 is 10.1 Å². The smallest absolute Gasteiger partial charge is 0.261 e. The monoisotopic (exact) mass is 218 g/mol. The van der Waals surface area contributed by atoms with Crippen LogP contribution in [0.4, 0.5) is 0 Å². The molecule has 0 unspecified atom stereocenters. The second-order valence-electron chi connectivity index (χ2n) is 2.89. The van der Waals surface area contributed by atoms with Gasteiger partial charge in [-0.05, 0) is 0 Å². The Morgan fingerprint density at radius 1 is 1.43 bits per heavy atom. The summed E-state index contributed by atoms with van der Waals surface area (Å²) in [7, 11) is -1.60. The normalized spacial score (nSPS) is 10.3. The third kappa shape index (κ3) is 7.70. The van der Waals surface area contributed by atoms with Gasteiger partial charge in [0, 0.05) is 18.6 Å². The van der Waals surface area contributed by atoms with E-state index in [-0.39, 0.29) is 0 Å². The van der Waals surface area contributed by atoms with Gasteiger partial charge in [-0.3, -0.25) is 4.55 Å². The molecule has 80 valence electrons. The summed E-state index contributed by atoms with van der Waals surface area (Å²) >= 11 is 0. The van der Waals surface area contributed by atoms with Gasteiger partial charge < -0.3 is 0 Å². The van der Waals surface area contributed by atoms with Crippen LogP contribution in [0, 0.1) is 0 Å². The van der Waals surface area contributed by atoms with Crippen molar-refractivity contribution < 1.29 is 17.5 Å². The van der Waals surface area contributed by atoms with Crippen LogP contribution in [-0.2, 0) is 23.6 Å². The number of pyridine rings is 1. The van der Waals surface area contributed by atoms with Crippen LogP contribution in [0.5, 0.6) is 0 Å². The lowest BCUT2D eigenvalue weighted by Gasteiger charge is -1.91. The first kappa shape index (κ1) is 13.1. The van der Waals surface area contributed by atoms with Crippen LogP contribution in [-0.4, -0.2) is 19.2 Å². The Balaban J connectivity index is 0.000000292. The maximum absolute atomic E-state index is 9.19. The van der Waals surface area contributed by atoms with Crippen molar-refractivity contribution in [3.8, 4) is 0 Å². The Morgan fingerprint density at radius 3 is 2.21 bits per heavy atom. The lowest BCUT2D eigenvalue weighted by atomic mass is 10.3. The Kier molecular flexibility index (Phi) is 5.34. The molecule has 0 aliphatic carbocycles. The van der Waals surface area contributed by atoms with Gasteiger partial charge in [0.05, 0.1) is 6.26 Å². The largest absolute Gasteiger partial charge is 0.286 e. The molecule has 0 aliphatic heterocycles. The third-order valence-electron chi connectivity index (χ3n) is 1.52. The molecule has 0 bridgehead atoms. The van der Waals surface area contributed by atoms with E-state index in [4.69, 9.17) is 4.55 Å². The van der Waals surface area contributed by atoms with Crippen LogP contribution in [0.15, 0.2) is 24.4 Å². The minimum atomic E-state index is -3.67. The highest BCUT2D eigenvalue weighted by molar-refractivity contribution is 7.85. The maximum atomic E-state index is 9.19. The molecule has 0 amide bonds. The fourth-order valence-corrected chi connectivity index (χ4v) is 0.926. The standard InChI is InChI=1S/C8H12N.CH4O3S/c1-3-8-6-4-5-7-9(8)2;1-5(2,3)4/h4-7H,3H2,1-2H3;1H3,(H,2,3,4)/q+1;. The van der Waals surface area contributed by atoms with E-state index in [1.165, 1.54) is 5.69 Å². The molecule has 0 radical (unpaired) electrons. The number of aryl methyl sites for hydroxylation is 2. The Morgan fingerprint density at radius 2 is 1.93 bits per heavy atom. The first-order valence-corrected chi connectivity index (χ1v) is 6.05. The highest BCUT2D eigenvalue weighted by Gasteiger charge is 1.97. The molecule has 0 saturated heterocycles. The molecule has 1 aromatic rings. The molecule has 1 heterocycles. The fraction of sp³-hybridized carbons (Fsp3) is 0.444. The average Bonchev–Trinajstić information content (AvgIpc) is 2.02. The second-order valence-corrected chi connectivity index (χ2v) is 4.36. The molecular formula is C9H16NO3S+. The molecule has 1 N–H and O–H groups in total. The van der Waals surface area contributed by atoms with Crippen molar-refractivity contribution in [1.82, 2.24) is 0 Å². The van der Waals surface area contributed by atoms with Crippen molar-refractivity contribution in [2.75, 3.05) is 6.26 Å². The summed E-state index contributed by atoms with van der Waals surface area (Å²) in [5.41, 5.74) is 1.37. The summed E-state index contributed by atoms with van der Waals surface area (Å²) in [4.78, 5) is 0. The zero-order chi connectivity index (χ0) is 11.2. The van der Waals surface area contributed by atoms with Crippen LogP contribution in [0.1, 0.15) is 12.6 Å². The summed E-state index contributed by atoms with van der Waals surface area (Å²) in [5.74, 6) is 0. The van der Waals surface area contributed by atoms with E-state index in [0.717, 1.165) is 6.42 Å². The number of hydrogen-bond acceptors (Lipinski definition) is 2. The van der Waals surface area contributed by atoms with Gasteiger partial charge in [0.1, 0.15) is 7.05 Å². The second kappa shape index (κ2) is 5.72. The molecule has 14 heavy (non-hydrogen) atoms. The van der Waals surface area contributed by atoms with Gasteiger partial charge in [0.15, 0.2) is 11.9 Å². The predicted molar refractivity (Wildman–Crippen MR) is 54.5 cm³/mol. The molecule has 0 atom stereocenters. The molecule has 1 rings (SSSR count). The van der Waals surface area contributed by atoms with Crippen molar-refractivity contribution in [2.24, 2.45) is 7.05 Å². The van der Waals surface area contributed by atoms with Crippen LogP contribution in [0.3, 0.4) is 0 Å². The highest BCUT2D eigenvalue weighted by Crippen LogP contribution is 1.89. The molecular weight excluding hydrogens is 202 g/mol. The zero-order valence-electron chi connectivity index (χ0n) is 8.64. The summed E-state index contributed by atoms with van der Waals surface area (Å²) in [6, 6.07) is 6.25. The van der Waals surface area contributed by atoms with Crippen molar-refractivity contribution in [3.63, 3.8) is 0 Å². The van der Waals surface area contributed by atoms with E-state index in [9.17, 15) is 8.42 Å². The molecule has 0 spiro atoms. The van der Waals surface area contributed by atoms with Gasteiger partial charge in [0.25, 0.3) is 10.1 Å². The molecule has 0 aliphatic rings. The van der Waals surface area contributed by atoms with E-state index in [1.807, 2.05) is 6.07 Å². The molecule has 0 fully saturated rings. The highest BCUT2D eigenvalue weighted by atomic mass is 32.2. The van der Waals surface area contributed by atoms with Crippen molar-refractivity contribution in [3.05, 3.63) is 30.1 Å². The van der Waals surface area contributed by atoms with E-state index in [1.54, 1.807) is 0 Å². The van der Waals surface area contributed by atoms with Gasteiger partial charge in [-0.25, -0.2) is 4.57 Å². The van der Waals surface area contributed by atoms with E-state index >= 15 is 0 Å². The Labute approximate surface area is 85.0 Å². The number of nitrogens with zero attached hydrogens (tertiary/aromatic N) is 1. The van der Waals surface area contributed by atoms with E-state index in [2.05, 4.69) is 36.9 Å². The minimum absolute atomic E-state index is 0.715. The Bertz CT molecular complexity index is 365. The first-order chi connectivity index (χ1) is 6.34. The minimum Gasteiger partial charge on any atom is -0.286 e. The SMILES string of the molecule is CCc1cccc[n+]1C.CS(=O)(=O)O. The lowest BCUT2D eigenvalue weighted by molar-refractivity contribution is -0.679. The number of rotatable bonds is 1. The van der Waals surface area contributed by atoms with Crippen LogP contribution >= 0.6 is 0 Å². The average molecular weight is 218 g/mol. The summed E-state index contributed by atoms with van der Waals surface area (Å²) < 4.78 is 28.0. The van der Waals surface area contributed by atoms with E-state index in [0.29, 0.717) is 6.26 Å². The van der Waals surface area contributed by atoms with Crippen molar-refractivity contribution in [2.45, 2.75) is 13.3 Å². The molecule has 0 aromatic carbocycles. The molecule has 5 heteroatoms. The van der Waals surface area contributed by atoms with Gasteiger partial charge in [0.2, 0.25) is 0 Å². The van der Waals surface area contributed by atoms with E-state index < -0.39 is 10.1 Å². The van der Waals surface area contributed by atoms with Crippen LogP contribution < -0.4 is 4.57 Å². The number of hydrogen-bond donors (Lipinski definition) is 1. The zero-order valence-corrected chi connectivity index (χ0v) is 9.45. The van der Waals surface area contributed by atoms with Gasteiger partial charge in [-0.1, -0.05) is 13.0 Å². The van der Waals surface area contributed by atoms with Crippen LogP contribution in [0.2, 0.25) is 0 Å².